The van der Waals surface area contributed by atoms with E-state index in [1.807, 2.05) is 0 Å². The Morgan fingerprint density at radius 1 is 1.25 bits per heavy atom. The topological polar surface area (TPSA) is 49.4 Å². The Bertz CT molecular complexity index is 609. The van der Waals surface area contributed by atoms with Crippen molar-refractivity contribution in [3.63, 3.8) is 0 Å². The highest BCUT2D eigenvalue weighted by atomic mass is 79.9. The van der Waals surface area contributed by atoms with Gasteiger partial charge in [0.2, 0.25) is 10.0 Å². The Balaban J connectivity index is 2.03. The maximum absolute atomic E-state index is 12.9. The maximum atomic E-state index is 12.9. The van der Waals surface area contributed by atoms with Gasteiger partial charge in [-0.05, 0) is 44.0 Å². The van der Waals surface area contributed by atoms with Crippen molar-refractivity contribution in [1.82, 2.24) is 9.62 Å². The number of rotatable bonds is 2. The minimum absolute atomic E-state index is 0.0483. The fourth-order valence-electron chi connectivity index (χ4n) is 3.13. The molecule has 20 heavy (non-hydrogen) atoms. The molecule has 2 unspecified atom stereocenters. The van der Waals surface area contributed by atoms with Crippen molar-refractivity contribution >= 4 is 37.6 Å². The zero-order valence-corrected chi connectivity index (χ0v) is 14.0. The van der Waals surface area contributed by atoms with Gasteiger partial charge in [-0.25, -0.2) is 8.42 Å². The van der Waals surface area contributed by atoms with Gasteiger partial charge in [0.1, 0.15) is 4.90 Å². The van der Waals surface area contributed by atoms with Crippen LogP contribution in [0.3, 0.4) is 0 Å². The Labute approximate surface area is 132 Å². The molecule has 0 aromatic heterocycles. The Hall–Kier alpha value is -0.140. The predicted octanol–water partition coefficient (Wildman–Crippen LogP) is 2.62. The average Bonchev–Trinajstić information content (AvgIpc) is 2.63. The van der Waals surface area contributed by atoms with Gasteiger partial charge in [-0.3, -0.25) is 0 Å². The number of benzene rings is 1. The van der Waals surface area contributed by atoms with Crippen molar-refractivity contribution < 1.29 is 8.42 Å². The molecule has 7 heteroatoms. The fraction of sp³-hybridized carbons (Fsp3) is 0.538. The van der Waals surface area contributed by atoms with E-state index in [1.54, 1.807) is 22.5 Å². The molecule has 1 aromatic carbocycles. The smallest absolute Gasteiger partial charge is 0.245 e. The molecule has 0 spiro atoms. The van der Waals surface area contributed by atoms with Gasteiger partial charge in [0.15, 0.2) is 0 Å². The zero-order valence-electron chi connectivity index (χ0n) is 10.9. The van der Waals surface area contributed by atoms with E-state index in [1.165, 1.54) is 0 Å². The average molecular weight is 380 g/mol. The molecular weight excluding hydrogens is 364 g/mol. The van der Waals surface area contributed by atoms with Crippen molar-refractivity contribution in [2.45, 2.75) is 36.2 Å². The molecule has 0 aliphatic carbocycles. The third kappa shape index (κ3) is 2.52. The van der Waals surface area contributed by atoms with Gasteiger partial charge in [-0.15, -0.1) is 0 Å². The van der Waals surface area contributed by atoms with Crippen LogP contribution in [-0.2, 0) is 10.0 Å². The molecular formula is C13H16BrClN2O2S. The quantitative estimate of drug-likeness (QED) is 0.859. The number of nitrogens with one attached hydrogen (secondary N) is 1. The Kier molecular flexibility index (Phi) is 4.12. The molecule has 0 saturated carbocycles. The number of sulfonamides is 1. The molecule has 3 rings (SSSR count). The van der Waals surface area contributed by atoms with Crippen LogP contribution in [-0.4, -0.2) is 37.9 Å². The normalized spacial score (nSPS) is 27.5. The first kappa shape index (κ1) is 14.8. The summed E-state index contributed by atoms with van der Waals surface area (Å²) >= 11 is 9.44. The highest BCUT2D eigenvalue weighted by Crippen LogP contribution is 2.36. The lowest BCUT2D eigenvalue weighted by Gasteiger charge is -2.27. The van der Waals surface area contributed by atoms with Gasteiger partial charge in [-0.2, -0.15) is 4.31 Å². The van der Waals surface area contributed by atoms with E-state index in [0.29, 0.717) is 0 Å². The predicted molar refractivity (Wildman–Crippen MR) is 82.5 cm³/mol. The molecule has 2 fully saturated rings. The minimum Gasteiger partial charge on any atom is -0.315 e. The Morgan fingerprint density at radius 2 is 2.00 bits per heavy atom. The molecule has 2 bridgehead atoms. The molecule has 0 amide bonds. The zero-order chi connectivity index (χ0) is 14.3. The molecule has 2 saturated heterocycles. The lowest BCUT2D eigenvalue weighted by molar-refractivity contribution is 0.334. The summed E-state index contributed by atoms with van der Waals surface area (Å²) in [6.45, 7) is 1.60. The van der Waals surface area contributed by atoms with Gasteiger partial charge >= 0.3 is 0 Å². The van der Waals surface area contributed by atoms with Gasteiger partial charge in [0.05, 0.1) is 5.02 Å². The van der Waals surface area contributed by atoms with Crippen molar-refractivity contribution in [2.24, 2.45) is 0 Å². The van der Waals surface area contributed by atoms with Crippen LogP contribution in [0.1, 0.15) is 19.3 Å². The van der Waals surface area contributed by atoms with Crippen LogP contribution in [0.2, 0.25) is 5.02 Å². The first-order valence-corrected chi connectivity index (χ1v) is 9.30. The third-order valence-corrected chi connectivity index (χ3v) is 7.02. The second-order valence-electron chi connectivity index (χ2n) is 5.29. The standard InChI is InChI=1S/C13H16BrClN2O2S/c14-9-1-4-13(12(15)7-9)20(18,19)17-10-2-3-11(17)8-16-6-5-10/h1,4,7,10-11,16H,2-3,5-6,8H2. The summed E-state index contributed by atoms with van der Waals surface area (Å²) in [7, 11) is -3.53. The van der Waals surface area contributed by atoms with Crippen molar-refractivity contribution in [2.75, 3.05) is 13.1 Å². The first-order chi connectivity index (χ1) is 9.50. The van der Waals surface area contributed by atoms with Crippen LogP contribution in [0, 0.1) is 0 Å². The molecule has 0 radical (unpaired) electrons. The number of hydrogen-bond acceptors (Lipinski definition) is 3. The monoisotopic (exact) mass is 378 g/mol. The second kappa shape index (κ2) is 5.57. The Morgan fingerprint density at radius 3 is 2.75 bits per heavy atom. The highest BCUT2D eigenvalue weighted by molar-refractivity contribution is 9.10. The lowest BCUT2D eigenvalue weighted by atomic mass is 10.1. The van der Waals surface area contributed by atoms with Crippen LogP contribution >= 0.6 is 27.5 Å². The summed E-state index contributed by atoms with van der Waals surface area (Å²) in [5, 5.41) is 3.58. The van der Waals surface area contributed by atoms with Gasteiger partial charge in [0, 0.05) is 23.1 Å². The van der Waals surface area contributed by atoms with Crippen LogP contribution < -0.4 is 5.32 Å². The lowest BCUT2D eigenvalue weighted by Crippen LogP contribution is -2.42. The van der Waals surface area contributed by atoms with E-state index in [-0.39, 0.29) is 22.0 Å². The molecule has 2 aliphatic rings. The summed E-state index contributed by atoms with van der Waals surface area (Å²) in [5.74, 6) is 0. The van der Waals surface area contributed by atoms with E-state index in [9.17, 15) is 8.42 Å². The van der Waals surface area contributed by atoms with Crippen molar-refractivity contribution in [1.29, 1.82) is 0 Å². The summed E-state index contributed by atoms with van der Waals surface area (Å²) in [6, 6.07) is 5.08. The third-order valence-electron chi connectivity index (χ3n) is 4.04. The van der Waals surface area contributed by atoms with E-state index in [0.717, 1.165) is 36.8 Å². The largest absolute Gasteiger partial charge is 0.315 e. The molecule has 4 nitrogen and oxygen atoms in total. The van der Waals surface area contributed by atoms with Crippen LogP contribution in [0.25, 0.3) is 0 Å². The van der Waals surface area contributed by atoms with Crippen LogP contribution in [0.5, 0.6) is 0 Å². The molecule has 1 aromatic rings. The van der Waals surface area contributed by atoms with Crippen molar-refractivity contribution in [3.05, 3.63) is 27.7 Å². The summed E-state index contributed by atoms with van der Waals surface area (Å²) in [6.07, 6.45) is 2.73. The van der Waals surface area contributed by atoms with Crippen LogP contribution in [0.15, 0.2) is 27.6 Å². The van der Waals surface area contributed by atoms with Gasteiger partial charge in [-0.1, -0.05) is 27.5 Å². The van der Waals surface area contributed by atoms with E-state index in [2.05, 4.69) is 21.2 Å². The van der Waals surface area contributed by atoms with Crippen LogP contribution in [0.4, 0.5) is 0 Å². The first-order valence-electron chi connectivity index (χ1n) is 6.69. The van der Waals surface area contributed by atoms with E-state index >= 15 is 0 Å². The second-order valence-corrected chi connectivity index (χ2v) is 8.42. The number of nitrogens with zero attached hydrogens (tertiary/aromatic N) is 1. The van der Waals surface area contributed by atoms with Gasteiger partial charge < -0.3 is 5.32 Å². The van der Waals surface area contributed by atoms with E-state index < -0.39 is 10.0 Å². The van der Waals surface area contributed by atoms with Gasteiger partial charge in [0.25, 0.3) is 0 Å². The summed E-state index contributed by atoms with van der Waals surface area (Å²) < 4.78 is 28.3. The molecule has 1 N–H and O–H groups in total. The summed E-state index contributed by atoms with van der Waals surface area (Å²) in [5.41, 5.74) is 0. The molecule has 2 heterocycles. The SMILES string of the molecule is O=S(=O)(c1ccc(Br)cc1Cl)N1C2CCNCC1CC2. The number of fused-ring (bicyclic) bond motifs is 2. The number of halogens is 2. The van der Waals surface area contributed by atoms with Crippen molar-refractivity contribution in [3.8, 4) is 0 Å². The number of hydrogen-bond donors (Lipinski definition) is 1. The molecule has 110 valence electrons. The highest BCUT2D eigenvalue weighted by Gasteiger charge is 2.43. The molecule has 2 aliphatic heterocycles. The fourth-order valence-corrected chi connectivity index (χ4v) is 6.04. The maximum Gasteiger partial charge on any atom is 0.245 e. The minimum atomic E-state index is -3.53. The van der Waals surface area contributed by atoms with E-state index in [4.69, 9.17) is 11.6 Å². The summed E-state index contributed by atoms with van der Waals surface area (Å²) in [4.78, 5) is 0.209. The molecule has 2 atom stereocenters.